The summed E-state index contributed by atoms with van der Waals surface area (Å²) >= 11 is 0. The van der Waals surface area contributed by atoms with E-state index in [1.54, 1.807) is 0 Å². The zero-order valence-electron chi connectivity index (χ0n) is 21.2. The standard InChI is InChI=1S/C27H39F3N4O/c1-5-18(3)27(32-19(4)31-21-11-8-7-9-12-21)34(22-13-10-14-35-17-22)25(6-2)33-26-23(29)15-20(28)16-24(26)30/h5,15-16,21-22,25,31,33H,4,6-14,17H2,1-3H3/b18-5-,32-27+. The molecule has 1 saturated heterocycles. The molecule has 3 rings (SSSR count). The lowest BCUT2D eigenvalue weighted by Crippen LogP contribution is -2.54. The van der Waals surface area contributed by atoms with Gasteiger partial charge in [-0.25, -0.2) is 18.2 Å². The smallest absolute Gasteiger partial charge is 0.152 e. The van der Waals surface area contributed by atoms with Crippen LogP contribution in [0.15, 0.2) is 41.2 Å². The Labute approximate surface area is 207 Å². The second-order valence-electron chi connectivity index (χ2n) is 9.42. The summed E-state index contributed by atoms with van der Waals surface area (Å²) in [5, 5.41) is 6.47. The normalized spacial score (nSPS) is 20.9. The molecule has 2 unspecified atom stereocenters. The summed E-state index contributed by atoms with van der Waals surface area (Å²) < 4.78 is 48.4. The quantitative estimate of drug-likeness (QED) is 0.235. The van der Waals surface area contributed by atoms with Gasteiger partial charge in [0.25, 0.3) is 0 Å². The number of benzene rings is 1. The Balaban J connectivity index is 1.97. The minimum absolute atomic E-state index is 0.0519. The molecule has 1 aromatic rings. The van der Waals surface area contributed by atoms with Gasteiger partial charge in [-0.15, -0.1) is 0 Å². The molecule has 5 nitrogen and oxygen atoms in total. The van der Waals surface area contributed by atoms with Crippen LogP contribution in [0.1, 0.15) is 72.1 Å². The van der Waals surface area contributed by atoms with E-state index in [0.29, 0.717) is 49.5 Å². The van der Waals surface area contributed by atoms with E-state index in [1.807, 2.05) is 26.8 Å². The molecule has 1 aromatic carbocycles. The molecule has 1 saturated carbocycles. The monoisotopic (exact) mass is 492 g/mol. The molecule has 8 heteroatoms. The van der Waals surface area contributed by atoms with E-state index in [1.165, 1.54) is 19.3 Å². The zero-order chi connectivity index (χ0) is 25.4. The maximum atomic E-state index is 14.6. The number of halogens is 3. The van der Waals surface area contributed by atoms with Gasteiger partial charge in [0.15, 0.2) is 11.6 Å². The maximum Gasteiger partial charge on any atom is 0.152 e. The van der Waals surface area contributed by atoms with Crippen LogP contribution in [0.5, 0.6) is 0 Å². The van der Waals surface area contributed by atoms with Gasteiger partial charge >= 0.3 is 0 Å². The molecule has 1 heterocycles. The van der Waals surface area contributed by atoms with E-state index in [9.17, 15) is 13.2 Å². The molecule has 35 heavy (non-hydrogen) atoms. The summed E-state index contributed by atoms with van der Waals surface area (Å²) in [6.45, 7) is 11.2. The number of amidine groups is 1. The third-order valence-electron chi connectivity index (χ3n) is 6.82. The first-order valence-corrected chi connectivity index (χ1v) is 12.8. The minimum atomic E-state index is -0.967. The van der Waals surface area contributed by atoms with Crippen molar-refractivity contribution in [2.24, 2.45) is 4.99 Å². The first-order valence-electron chi connectivity index (χ1n) is 12.8. The SMILES string of the molecule is C=C(/N=C(\C(C)=C/C)N(C1CCCOC1)C(CC)Nc1c(F)cc(F)cc1F)NC1CCCCC1. The maximum absolute atomic E-state index is 14.6. The lowest BCUT2D eigenvalue weighted by Gasteiger charge is -2.42. The van der Waals surface area contributed by atoms with Gasteiger partial charge in [-0.3, -0.25) is 0 Å². The van der Waals surface area contributed by atoms with Gasteiger partial charge in [0.05, 0.1) is 12.6 Å². The van der Waals surface area contributed by atoms with E-state index in [4.69, 9.17) is 9.73 Å². The number of rotatable bonds is 9. The van der Waals surface area contributed by atoms with Crippen LogP contribution in [-0.2, 0) is 4.74 Å². The summed E-state index contributed by atoms with van der Waals surface area (Å²) in [6, 6.07) is 1.67. The van der Waals surface area contributed by atoms with Gasteiger partial charge in [0.2, 0.25) is 0 Å². The zero-order valence-corrected chi connectivity index (χ0v) is 21.2. The predicted octanol–water partition coefficient (Wildman–Crippen LogP) is 6.49. The highest BCUT2D eigenvalue weighted by Crippen LogP contribution is 2.27. The molecule has 194 valence electrons. The highest BCUT2D eigenvalue weighted by molar-refractivity contribution is 5.99. The fourth-order valence-corrected chi connectivity index (χ4v) is 4.85. The fraction of sp³-hybridized carbons (Fsp3) is 0.593. The van der Waals surface area contributed by atoms with Crippen LogP contribution in [0, 0.1) is 17.5 Å². The number of nitrogens with zero attached hydrogens (tertiary/aromatic N) is 2. The molecule has 0 radical (unpaired) electrons. The minimum Gasteiger partial charge on any atom is -0.379 e. The Morgan fingerprint density at radius 2 is 1.86 bits per heavy atom. The fourth-order valence-electron chi connectivity index (χ4n) is 4.85. The van der Waals surface area contributed by atoms with Gasteiger partial charge < -0.3 is 20.3 Å². The van der Waals surface area contributed by atoms with Crippen molar-refractivity contribution in [3.05, 3.63) is 53.6 Å². The Morgan fingerprint density at radius 1 is 1.17 bits per heavy atom. The summed E-state index contributed by atoms with van der Waals surface area (Å²) in [6.07, 6.45) is 9.53. The summed E-state index contributed by atoms with van der Waals surface area (Å²) in [5.74, 6) is -1.63. The molecule has 2 N–H and O–H groups in total. The van der Waals surface area contributed by atoms with Crippen molar-refractivity contribution in [2.75, 3.05) is 18.5 Å². The number of hydrogen-bond acceptors (Lipinski definition) is 4. The first-order chi connectivity index (χ1) is 16.8. The third kappa shape index (κ3) is 7.26. The van der Waals surface area contributed by atoms with Gasteiger partial charge in [-0.2, -0.15) is 0 Å². The van der Waals surface area contributed by atoms with Gasteiger partial charge in [-0.05, 0) is 51.5 Å². The van der Waals surface area contributed by atoms with Crippen molar-refractivity contribution in [3.8, 4) is 0 Å². The van der Waals surface area contributed by atoms with Crippen molar-refractivity contribution in [2.45, 2.75) is 90.4 Å². The van der Waals surface area contributed by atoms with Crippen LogP contribution in [0.25, 0.3) is 0 Å². The van der Waals surface area contributed by atoms with Crippen LogP contribution in [0.2, 0.25) is 0 Å². The van der Waals surface area contributed by atoms with Gasteiger partial charge in [-0.1, -0.05) is 38.8 Å². The number of hydrogen-bond donors (Lipinski definition) is 2. The highest BCUT2D eigenvalue weighted by Gasteiger charge is 2.32. The lowest BCUT2D eigenvalue weighted by atomic mass is 9.96. The van der Waals surface area contributed by atoms with Gasteiger partial charge in [0.1, 0.15) is 29.3 Å². The van der Waals surface area contributed by atoms with E-state index < -0.39 is 23.6 Å². The van der Waals surface area contributed by atoms with Crippen LogP contribution < -0.4 is 10.6 Å². The van der Waals surface area contributed by atoms with Crippen molar-refractivity contribution in [1.29, 1.82) is 0 Å². The molecule has 2 fully saturated rings. The van der Waals surface area contributed by atoms with Crippen molar-refractivity contribution >= 4 is 11.5 Å². The number of ether oxygens (including phenoxy) is 1. The predicted molar refractivity (Wildman–Crippen MR) is 136 cm³/mol. The summed E-state index contributed by atoms with van der Waals surface area (Å²) in [5.41, 5.74) is 0.569. The van der Waals surface area contributed by atoms with E-state index in [2.05, 4.69) is 22.1 Å². The molecule has 2 atom stereocenters. The summed E-state index contributed by atoms with van der Waals surface area (Å²) in [7, 11) is 0. The van der Waals surface area contributed by atoms with Crippen molar-refractivity contribution in [3.63, 3.8) is 0 Å². The Hall–Kier alpha value is -2.48. The molecule has 1 aliphatic heterocycles. The molecule has 2 aliphatic rings. The van der Waals surface area contributed by atoms with Crippen molar-refractivity contribution < 1.29 is 17.9 Å². The van der Waals surface area contributed by atoms with E-state index >= 15 is 0 Å². The molecule has 0 aromatic heterocycles. The van der Waals surface area contributed by atoms with Gasteiger partial charge in [0, 0.05) is 24.8 Å². The second-order valence-corrected chi connectivity index (χ2v) is 9.42. The number of nitrogens with one attached hydrogen (secondary N) is 2. The average Bonchev–Trinajstić information content (AvgIpc) is 2.85. The Kier molecular flexibility index (Phi) is 10.1. The van der Waals surface area contributed by atoms with Crippen LogP contribution in [-0.4, -0.2) is 42.2 Å². The largest absolute Gasteiger partial charge is 0.379 e. The highest BCUT2D eigenvalue weighted by atomic mass is 19.1. The van der Waals surface area contributed by atoms with E-state index in [-0.39, 0.29) is 11.7 Å². The van der Waals surface area contributed by atoms with E-state index in [0.717, 1.165) is 31.3 Å². The lowest BCUT2D eigenvalue weighted by molar-refractivity contribution is 0.0325. The second kappa shape index (κ2) is 13.0. The number of aliphatic imine (C=N–C) groups is 1. The first kappa shape index (κ1) is 27.1. The summed E-state index contributed by atoms with van der Waals surface area (Å²) in [4.78, 5) is 6.97. The van der Waals surface area contributed by atoms with Crippen LogP contribution >= 0.6 is 0 Å². The molecular weight excluding hydrogens is 453 g/mol. The number of anilines is 1. The molecule has 0 bridgehead atoms. The van der Waals surface area contributed by atoms with Crippen molar-refractivity contribution in [1.82, 2.24) is 10.2 Å². The Morgan fingerprint density at radius 3 is 2.43 bits per heavy atom. The average molecular weight is 493 g/mol. The molecule has 0 spiro atoms. The van der Waals surface area contributed by atoms with Crippen LogP contribution in [0.3, 0.4) is 0 Å². The molecule has 1 aliphatic carbocycles. The topological polar surface area (TPSA) is 48.9 Å². The Bertz CT molecular complexity index is 898. The van der Waals surface area contributed by atoms with Crippen LogP contribution in [0.4, 0.5) is 18.9 Å². The number of allylic oxidation sites excluding steroid dienone is 1. The molecular formula is C27H39F3N4O. The molecule has 0 amide bonds. The third-order valence-corrected chi connectivity index (χ3v) is 6.82.